The molecule has 6 heteroatoms. The molecule has 0 aromatic heterocycles. The molecule has 1 aliphatic rings. The third-order valence-corrected chi connectivity index (χ3v) is 5.12. The zero-order valence-electron chi connectivity index (χ0n) is 9.92. The summed E-state index contributed by atoms with van der Waals surface area (Å²) in [6.07, 6.45) is 3.06. The Bertz CT molecular complexity index is 298. The minimum atomic E-state index is -3.39. The molecule has 1 aliphatic heterocycles. The molecule has 0 aliphatic carbocycles. The van der Waals surface area contributed by atoms with E-state index in [1.165, 1.54) is 11.2 Å². The van der Waals surface area contributed by atoms with E-state index in [2.05, 4.69) is 0 Å². The van der Waals surface area contributed by atoms with E-state index in [0.29, 0.717) is 13.2 Å². The van der Waals surface area contributed by atoms with Crippen molar-refractivity contribution < 1.29 is 18.3 Å². The summed E-state index contributed by atoms with van der Waals surface area (Å²) in [4.78, 5) is 0. The third kappa shape index (κ3) is 3.41. The number of hydrogen-bond acceptors (Lipinski definition) is 4. The van der Waals surface area contributed by atoms with E-state index >= 15 is 0 Å². The summed E-state index contributed by atoms with van der Waals surface area (Å²) in [5.74, 6) is 0. The van der Waals surface area contributed by atoms with Gasteiger partial charge >= 0.3 is 0 Å². The molecule has 2 atom stereocenters. The summed E-state index contributed by atoms with van der Waals surface area (Å²) in [6, 6.07) is 0. The highest BCUT2D eigenvalue weighted by atomic mass is 32.2. The number of likely N-dealkylation sites (N-methyl/N-ethyl adjacent to an activating group) is 1. The predicted octanol–water partition coefficient (Wildman–Crippen LogP) is 0.198. The normalized spacial score (nSPS) is 24.6. The first-order chi connectivity index (χ1) is 7.48. The SMILES string of the molecule is CC(CO)S(=O)(=O)N(C)CC1CCCCO1. The van der Waals surface area contributed by atoms with Gasteiger partial charge in [-0.25, -0.2) is 12.7 Å². The highest BCUT2D eigenvalue weighted by Crippen LogP contribution is 2.16. The standard InChI is InChI=1S/C10H21NO4S/c1-9(8-12)16(13,14)11(2)7-10-5-3-4-6-15-10/h9-10,12H,3-8H2,1-2H3. The summed E-state index contributed by atoms with van der Waals surface area (Å²) < 4.78 is 30.5. The van der Waals surface area contributed by atoms with Crippen LogP contribution in [-0.4, -0.2) is 56.0 Å². The maximum atomic E-state index is 11.8. The lowest BCUT2D eigenvalue weighted by Gasteiger charge is -2.28. The van der Waals surface area contributed by atoms with Crippen molar-refractivity contribution in [2.45, 2.75) is 37.5 Å². The molecule has 96 valence electrons. The first-order valence-electron chi connectivity index (χ1n) is 5.66. The summed E-state index contributed by atoms with van der Waals surface area (Å²) in [5.41, 5.74) is 0. The zero-order valence-corrected chi connectivity index (χ0v) is 10.7. The van der Waals surface area contributed by atoms with Crippen LogP contribution in [0.15, 0.2) is 0 Å². The lowest BCUT2D eigenvalue weighted by Crippen LogP contribution is -2.42. The second-order valence-corrected chi connectivity index (χ2v) is 6.77. The fraction of sp³-hybridized carbons (Fsp3) is 1.00. The summed E-state index contributed by atoms with van der Waals surface area (Å²) in [7, 11) is -1.84. The van der Waals surface area contributed by atoms with Crippen LogP contribution in [0.4, 0.5) is 0 Å². The van der Waals surface area contributed by atoms with Gasteiger partial charge in [0, 0.05) is 20.2 Å². The van der Waals surface area contributed by atoms with Gasteiger partial charge in [0.25, 0.3) is 0 Å². The predicted molar refractivity (Wildman–Crippen MR) is 61.7 cm³/mol. The molecular formula is C10H21NO4S. The monoisotopic (exact) mass is 251 g/mol. The molecule has 0 amide bonds. The van der Waals surface area contributed by atoms with Crippen LogP contribution in [0.25, 0.3) is 0 Å². The number of nitrogens with zero attached hydrogens (tertiary/aromatic N) is 1. The van der Waals surface area contributed by atoms with E-state index in [1.807, 2.05) is 0 Å². The topological polar surface area (TPSA) is 66.8 Å². The van der Waals surface area contributed by atoms with E-state index in [-0.39, 0.29) is 12.7 Å². The number of hydrogen-bond donors (Lipinski definition) is 1. The molecule has 1 fully saturated rings. The van der Waals surface area contributed by atoms with Crippen molar-refractivity contribution in [3.05, 3.63) is 0 Å². The average molecular weight is 251 g/mol. The van der Waals surface area contributed by atoms with E-state index in [9.17, 15) is 8.42 Å². The maximum absolute atomic E-state index is 11.8. The van der Waals surface area contributed by atoms with Crippen LogP contribution >= 0.6 is 0 Å². The molecule has 2 unspecified atom stereocenters. The first kappa shape index (κ1) is 13.9. The second kappa shape index (κ2) is 5.95. The molecule has 0 spiro atoms. The molecule has 1 saturated heterocycles. The molecule has 0 bridgehead atoms. The average Bonchev–Trinajstić information content (AvgIpc) is 2.29. The highest BCUT2D eigenvalue weighted by Gasteiger charge is 2.28. The van der Waals surface area contributed by atoms with Crippen molar-refractivity contribution in [2.75, 3.05) is 26.8 Å². The lowest BCUT2D eigenvalue weighted by molar-refractivity contribution is 0.00844. The molecule has 0 radical (unpaired) electrons. The van der Waals surface area contributed by atoms with Crippen molar-refractivity contribution >= 4 is 10.0 Å². The molecular weight excluding hydrogens is 230 g/mol. The molecule has 1 N–H and O–H groups in total. The summed E-state index contributed by atoms with van der Waals surface area (Å²) in [5, 5.41) is 8.14. The van der Waals surface area contributed by atoms with Gasteiger partial charge in [0.15, 0.2) is 0 Å². The van der Waals surface area contributed by atoms with Crippen molar-refractivity contribution in [1.29, 1.82) is 0 Å². The minimum absolute atomic E-state index is 0.000539. The smallest absolute Gasteiger partial charge is 0.218 e. The van der Waals surface area contributed by atoms with Gasteiger partial charge in [0.2, 0.25) is 10.0 Å². The fourth-order valence-corrected chi connectivity index (χ4v) is 2.92. The fourth-order valence-electron chi connectivity index (χ4n) is 1.74. The Morgan fingerprint density at radius 3 is 2.69 bits per heavy atom. The quantitative estimate of drug-likeness (QED) is 0.758. The van der Waals surface area contributed by atoms with Crippen LogP contribution in [0.5, 0.6) is 0 Å². The van der Waals surface area contributed by atoms with E-state index in [1.54, 1.807) is 7.05 Å². The van der Waals surface area contributed by atoms with Gasteiger partial charge in [-0.15, -0.1) is 0 Å². The minimum Gasteiger partial charge on any atom is -0.395 e. The van der Waals surface area contributed by atoms with Crippen molar-refractivity contribution in [3.8, 4) is 0 Å². The molecule has 0 saturated carbocycles. The first-order valence-corrected chi connectivity index (χ1v) is 7.16. The molecule has 0 aromatic carbocycles. The number of aliphatic hydroxyl groups excluding tert-OH is 1. The van der Waals surface area contributed by atoms with Gasteiger partial charge in [-0.1, -0.05) is 0 Å². The van der Waals surface area contributed by atoms with E-state index in [4.69, 9.17) is 9.84 Å². The van der Waals surface area contributed by atoms with E-state index < -0.39 is 15.3 Å². The summed E-state index contributed by atoms with van der Waals surface area (Å²) in [6.45, 7) is 2.26. The Kier molecular flexibility index (Phi) is 5.17. The van der Waals surface area contributed by atoms with Crippen LogP contribution < -0.4 is 0 Å². The van der Waals surface area contributed by atoms with Crippen molar-refractivity contribution in [2.24, 2.45) is 0 Å². The van der Waals surface area contributed by atoms with Crippen molar-refractivity contribution in [3.63, 3.8) is 0 Å². The van der Waals surface area contributed by atoms with Crippen LogP contribution in [-0.2, 0) is 14.8 Å². The van der Waals surface area contributed by atoms with Crippen LogP contribution in [0.3, 0.4) is 0 Å². The Morgan fingerprint density at radius 1 is 1.50 bits per heavy atom. The second-order valence-electron chi connectivity index (χ2n) is 4.31. The van der Waals surface area contributed by atoms with Gasteiger partial charge in [-0.05, 0) is 26.2 Å². The molecule has 1 heterocycles. The number of aliphatic hydroxyl groups is 1. The Balaban J connectivity index is 2.53. The highest BCUT2D eigenvalue weighted by molar-refractivity contribution is 7.89. The number of sulfonamides is 1. The van der Waals surface area contributed by atoms with Crippen LogP contribution in [0.2, 0.25) is 0 Å². The molecule has 1 rings (SSSR count). The van der Waals surface area contributed by atoms with Gasteiger partial charge < -0.3 is 9.84 Å². The molecule has 5 nitrogen and oxygen atoms in total. The maximum Gasteiger partial charge on any atom is 0.218 e. The Labute approximate surface area is 97.4 Å². The van der Waals surface area contributed by atoms with Gasteiger partial charge in [0.05, 0.1) is 18.0 Å². The molecule has 0 aromatic rings. The Morgan fingerprint density at radius 2 is 2.19 bits per heavy atom. The van der Waals surface area contributed by atoms with Gasteiger partial charge in [0.1, 0.15) is 0 Å². The number of ether oxygens (including phenoxy) is 1. The zero-order chi connectivity index (χ0) is 12.2. The van der Waals surface area contributed by atoms with Gasteiger partial charge in [-0.2, -0.15) is 0 Å². The largest absolute Gasteiger partial charge is 0.395 e. The third-order valence-electron chi connectivity index (χ3n) is 2.93. The lowest BCUT2D eigenvalue weighted by atomic mass is 10.1. The van der Waals surface area contributed by atoms with Crippen molar-refractivity contribution in [1.82, 2.24) is 4.31 Å². The molecule has 16 heavy (non-hydrogen) atoms. The summed E-state index contributed by atoms with van der Waals surface area (Å²) >= 11 is 0. The van der Waals surface area contributed by atoms with Crippen LogP contribution in [0, 0.1) is 0 Å². The van der Waals surface area contributed by atoms with E-state index in [0.717, 1.165) is 19.3 Å². The number of rotatable bonds is 5. The Hall–Kier alpha value is -0.170. The van der Waals surface area contributed by atoms with Crippen LogP contribution in [0.1, 0.15) is 26.2 Å². The van der Waals surface area contributed by atoms with Gasteiger partial charge in [-0.3, -0.25) is 0 Å².